The number of rotatable bonds is 5. The number of imidazole rings is 1. The first-order valence-corrected chi connectivity index (χ1v) is 8.86. The Hall–Kier alpha value is -2.96. The van der Waals surface area contributed by atoms with E-state index in [1.54, 1.807) is 18.5 Å². The molecule has 4 rings (SSSR count). The minimum Gasteiger partial charge on any atom is -0.478 e. The van der Waals surface area contributed by atoms with Crippen LogP contribution >= 0.6 is 0 Å². The third-order valence-corrected chi connectivity index (χ3v) is 4.58. The molecule has 0 spiro atoms. The number of carbonyl (C=O) groups is 1. The van der Waals surface area contributed by atoms with Crippen molar-refractivity contribution in [2.24, 2.45) is 0 Å². The minimum absolute atomic E-state index is 0.0905. The summed E-state index contributed by atoms with van der Waals surface area (Å²) in [5.74, 6) is -0.963. The summed E-state index contributed by atoms with van der Waals surface area (Å²) in [5.41, 5.74) is 3.34. The third-order valence-electron chi connectivity index (χ3n) is 4.58. The Morgan fingerprint density at radius 3 is 2.63 bits per heavy atom. The van der Waals surface area contributed by atoms with Gasteiger partial charge in [0.1, 0.15) is 0 Å². The molecule has 0 unspecified atom stereocenters. The van der Waals surface area contributed by atoms with Gasteiger partial charge in [0, 0.05) is 11.1 Å². The van der Waals surface area contributed by atoms with Gasteiger partial charge in [0.05, 0.1) is 55.7 Å². The van der Waals surface area contributed by atoms with Crippen molar-refractivity contribution in [1.29, 1.82) is 0 Å². The highest BCUT2D eigenvalue weighted by Gasteiger charge is 2.23. The van der Waals surface area contributed by atoms with Crippen LogP contribution < -0.4 is 0 Å². The molecule has 2 heterocycles. The van der Waals surface area contributed by atoms with Crippen molar-refractivity contribution in [2.45, 2.75) is 12.6 Å². The molecule has 2 aromatic carbocycles. The fraction of sp³-hybridized carbons (Fsp3) is 0.238. The van der Waals surface area contributed by atoms with E-state index >= 15 is 0 Å². The first-order valence-electron chi connectivity index (χ1n) is 8.86. The third kappa shape index (κ3) is 3.63. The van der Waals surface area contributed by atoms with Crippen molar-refractivity contribution in [3.63, 3.8) is 0 Å². The Balaban J connectivity index is 1.84. The molecule has 1 aliphatic heterocycles. The standard InChI is InChI=1S/C21H20N2O4/c24-21(25)18-9-5-4-8-17(18)20-19(15-6-2-1-3-7-15)22-14-23(20)12-16-13-26-10-11-27-16/h1-9,14,16H,10-13H2,(H,24,25)/t16-/m1/s1. The molecule has 1 aliphatic rings. The van der Waals surface area contributed by atoms with Crippen molar-refractivity contribution < 1.29 is 19.4 Å². The smallest absolute Gasteiger partial charge is 0.336 e. The Kier molecular flexibility index (Phi) is 5.00. The number of carboxylic acid groups (broad SMARTS) is 1. The summed E-state index contributed by atoms with van der Waals surface area (Å²) in [7, 11) is 0. The van der Waals surface area contributed by atoms with Crippen LogP contribution in [-0.2, 0) is 16.0 Å². The molecule has 0 aliphatic carbocycles. The monoisotopic (exact) mass is 364 g/mol. The summed E-state index contributed by atoms with van der Waals surface area (Å²) in [5, 5.41) is 9.66. The van der Waals surface area contributed by atoms with Gasteiger partial charge in [-0.15, -0.1) is 0 Å². The molecule has 6 nitrogen and oxygen atoms in total. The number of ether oxygens (including phenoxy) is 2. The SMILES string of the molecule is O=C(O)c1ccccc1-c1c(-c2ccccc2)ncn1C[C@@H]1COCCO1. The number of aromatic carboxylic acids is 1. The fourth-order valence-corrected chi connectivity index (χ4v) is 3.35. The van der Waals surface area contributed by atoms with Crippen LogP contribution in [0.3, 0.4) is 0 Å². The lowest BCUT2D eigenvalue weighted by Gasteiger charge is -2.24. The van der Waals surface area contributed by atoms with Crippen molar-refractivity contribution in [3.05, 3.63) is 66.5 Å². The Bertz CT molecular complexity index is 930. The fourth-order valence-electron chi connectivity index (χ4n) is 3.35. The van der Waals surface area contributed by atoms with E-state index in [0.717, 1.165) is 17.0 Å². The molecule has 27 heavy (non-hydrogen) atoms. The zero-order valence-electron chi connectivity index (χ0n) is 14.7. The normalized spacial score (nSPS) is 17.0. The maximum absolute atomic E-state index is 11.8. The Morgan fingerprint density at radius 2 is 1.89 bits per heavy atom. The van der Waals surface area contributed by atoms with Crippen molar-refractivity contribution in [2.75, 3.05) is 19.8 Å². The van der Waals surface area contributed by atoms with E-state index in [9.17, 15) is 9.90 Å². The predicted octanol–water partition coefficient (Wildman–Crippen LogP) is 3.33. The van der Waals surface area contributed by atoms with Gasteiger partial charge in [-0.1, -0.05) is 48.5 Å². The molecular formula is C21H20N2O4. The second-order valence-corrected chi connectivity index (χ2v) is 6.38. The lowest BCUT2D eigenvalue weighted by molar-refractivity contribution is -0.0934. The van der Waals surface area contributed by atoms with E-state index < -0.39 is 5.97 Å². The van der Waals surface area contributed by atoms with Crippen LogP contribution in [0.5, 0.6) is 0 Å². The van der Waals surface area contributed by atoms with E-state index in [-0.39, 0.29) is 11.7 Å². The van der Waals surface area contributed by atoms with Gasteiger partial charge in [0.15, 0.2) is 0 Å². The second-order valence-electron chi connectivity index (χ2n) is 6.38. The molecule has 6 heteroatoms. The number of nitrogens with zero attached hydrogens (tertiary/aromatic N) is 2. The molecule has 3 aromatic rings. The van der Waals surface area contributed by atoms with Crippen LogP contribution in [0.2, 0.25) is 0 Å². The summed E-state index contributed by atoms with van der Waals surface area (Å²) < 4.78 is 13.2. The molecule has 0 amide bonds. The summed E-state index contributed by atoms with van der Waals surface area (Å²) >= 11 is 0. The lowest BCUT2D eigenvalue weighted by Crippen LogP contribution is -2.32. The molecule has 138 valence electrons. The van der Waals surface area contributed by atoms with Gasteiger partial charge in [-0.2, -0.15) is 0 Å². The van der Waals surface area contributed by atoms with E-state index in [2.05, 4.69) is 4.98 Å². The minimum atomic E-state index is -0.963. The van der Waals surface area contributed by atoms with E-state index in [0.29, 0.717) is 31.9 Å². The highest BCUT2D eigenvalue weighted by atomic mass is 16.6. The topological polar surface area (TPSA) is 73.6 Å². The zero-order valence-corrected chi connectivity index (χ0v) is 14.7. The van der Waals surface area contributed by atoms with Crippen molar-refractivity contribution >= 4 is 5.97 Å². The first-order chi connectivity index (χ1) is 13.2. The molecule has 0 saturated carbocycles. The summed E-state index contributed by atoms with van der Waals surface area (Å²) in [6, 6.07) is 16.8. The number of hydrogen-bond donors (Lipinski definition) is 1. The van der Waals surface area contributed by atoms with Gasteiger partial charge in [0.25, 0.3) is 0 Å². The van der Waals surface area contributed by atoms with E-state index in [1.807, 2.05) is 47.0 Å². The molecule has 1 fully saturated rings. The Morgan fingerprint density at radius 1 is 1.11 bits per heavy atom. The summed E-state index contributed by atoms with van der Waals surface area (Å²) in [6.45, 7) is 2.22. The molecule has 1 N–H and O–H groups in total. The van der Waals surface area contributed by atoms with E-state index in [4.69, 9.17) is 9.47 Å². The number of carboxylic acids is 1. The summed E-state index contributed by atoms with van der Waals surface area (Å²) in [6.07, 6.45) is 1.65. The molecule has 0 bridgehead atoms. The van der Waals surface area contributed by atoms with Crippen molar-refractivity contribution in [1.82, 2.24) is 9.55 Å². The van der Waals surface area contributed by atoms with Gasteiger partial charge in [-0.25, -0.2) is 9.78 Å². The lowest BCUT2D eigenvalue weighted by atomic mass is 10.00. The second kappa shape index (κ2) is 7.73. The number of hydrogen-bond acceptors (Lipinski definition) is 4. The van der Waals surface area contributed by atoms with Crippen LogP contribution in [0.15, 0.2) is 60.9 Å². The predicted molar refractivity (Wildman–Crippen MR) is 101 cm³/mol. The quantitative estimate of drug-likeness (QED) is 0.752. The van der Waals surface area contributed by atoms with Crippen LogP contribution in [0.4, 0.5) is 0 Å². The largest absolute Gasteiger partial charge is 0.478 e. The highest BCUT2D eigenvalue weighted by molar-refractivity contribution is 5.97. The van der Waals surface area contributed by atoms with Crippen LogP contribution in [0.1, 0.15) is 10.4 Å². The average molecular weight is 364 g/mol. The zero-order chi connectivity index (χ0) is 18.6. The maximum Gasteiger partial charge on any atom is 0.336 e. The molecule has 1 aromatic heterocycles. The van der Waals surface area contributed by atoms with Crippen LogP contribution in [0.25, 0.3) is 22.5 Å². The van der Waals surface area contributed by atoms with Gasteiger partial charge in [-0.3, -0.25) is 0 Å². The van der Waals surface area contributed by atoms with Gasteiger partial charge < -0.3 is 19.1 Å². The van der Waals surface area contributed by atoms with Gasteiger partial charge in [0.2, 0.25) is 0 Å². The first kappa shape index (κ1) is 17.5. The maximum atomic E-state index is 11.8. The van der Waals surface area contributed by atoms with Gasteiger partial charge >= 0.3 is 5.97 Å². The number of aromatic nitrogens is 2. The molecular weight excluding hydrogens is 344 g/mol. The van der Waals surface area contributed by atoms with Crippen LogP contribution in [-0.4, -0.2) is 46.6 Å². The Labute approximate surface area is 157 Å². The molecule has 1 atom stereocenters. The van der Waals surface area contributed by atoms with Crippen molar-refractivity contribution in [3.8, 4) is 22.5 Å². The molecule has 0 radical (unpaired) electrons. The highest BCUT2D eigenvalue weighted by Crippen LogP contribution is 2.33. The van der Waals surface area contributed by atoms with E-state index in [1.165, 1.54) is 0 Å². The summed E-state index contributed by atoms with van der Waals surface area (Å²) in [4.78, 5) is 16.4. The molecule has 1 saturated heterocycles. The van der Waals surface area contributed by atoms with Crippen LogP contribution in [0, 0.1) is 0 Å². The van der Waals surface area contributed by atoms with Gasteiger partial charge in [-0.05, 0) is 6.07 Å². The number of benzene rings is 2. The average Bonchev–Trinajstić information content (AvgIpc) is 3.12.